The van der Waals surface area contributed by atoms with Gasteiger partial charge >= 0.3 is 0 Å². The third-order valence-electron chi connectivity index (χ3n) is 6.65. The molecule has 2 aromatic carbocycles. The van der Waals surface area contributed by atoms with Gasteiger partial charge in [-0.3, -0.25) is 0 Å². The van der Waals surface area contributed by atoms with Crippen LogP contribution in [0.5, 0.6) is 0 Å². The number of allylic oxidation sites excluding steroid dienone is 1. The Kier molecular flexibility index (Phi) is 6.19. The van der Waals surface area contributed by atoms with Gasteiger partial charge in [0, 0.05) is 29.9 Å². The number of anilines is 2. The van der Waals surface area contributed by atoms with Crippen LogP contribution in [0.4, 0.5) is 20.2 Å². The third kappa shape index (κ3) is 3.89. The average molecular weight is 484 g/mol. The molecule has 5 rings (SSSR count). The molecule has 7 heteroatoms. The highest BCUT2D eigenvalue weighted by molar-refractivity contribution is 5.94. The van der Waals surface area contributed by atoms with E-state index in [4.69, 9.17) is 0 Å². The van der Waals surface area contributed by atoms with Crippen molar-refractivity contribution in [3.63, 3.8) is 0 Å². The molecule has 2 aromatic heterocycles. The fourth-order valence-electron chi connectivity index (χ4n) is 4.98. The topological polar surface area (TPSA) is 59.0 Å². The summed E-state index contributed by atoms with van der Waals surface area (Å²) in [6, 6.07) is 13.2. The largest absolute Gasteiger partial charge is 0.346 e. The summed E-state index contributed by atoms with van der Waals surface area (Å²) in [6.07, 6.45) is 6.76. The summed E-state index contributed by atoms with van der Waals surface area (Å²) in [5, 5.41) is 10.4. The summed E-state index contributed by atoms with van der Waals surface area (Å²) in [6.45, 7) is 6.26. The number of H-pyrrole nitrogens is 1. The van der Waals surface area contributed by atoms with Crippen molar-refractivity contribution in [3.8, 4) is 6.07 Å². The Hall–Kier alpha value is -4.18. The maximum absolute atomic E-state index is 15.8. The lowest BCUT2D eigenvalue weighted by atomic mass is 10.0. The Morgan fingerprint density at radius 1 is 1.14 bits per heavy atom. The van der Waals surface area contributed by atoms with Crippen LogP contribution in [0.25, 0.3) is 11.0 Å². The van der Waals surface area contributed by atoms with Gasteiger partial charge in [-0.05, 0) is 60.7 Å². The van der Waals surface area contributed by atoms with Crippen LogP contribution >= 0.6 is 0 Å². The van der Waals surface area contributed by atoms with Gasteiger partial charge in [0.2, 0.25) is 0 Å². The zero-order valence-electron chi connectivity index (χ0n) is 20.6. The highest BCUT2D eigenvalue weighted by Gasteiger charge is 2.34. The molecule has 0 bridgehead atoms. The number of rotatable bonds is 5. The first-order valence-electron chi connectivity index (χ1n) is 12.1. The van der Waals surface area contributed by atoms with Crippen LogP contribution in [0.1, 0.15) is 48.1 Å². The molecule has 5 nitrogen and oxygen atoms in total. The van der Waals surface area contributed by atoms with E-state index in [2.05, 4.69) is 20.9 Å². The number of fused-ring (bicyclic) bond motifs is 3. The van der Waals surface area contributed by atoms with E-state index in [0.717, 1.165) is 27.8 Å². The van der Waals surface area contributed by atoms with Gasteiger partial charge in [0.25, 0.3) is 0 Å². The lowest BCUT2D eigenvalue weighted by Crippen LogP contribution is -2.41. The van der Waals surface area contributed by atoms with Crippen LogP contribution in [0.2, 0.25) is 0 Å². The van der Waals surface area contributed by atoms with Gasteiger partial charge in [-0.15, -0.1) is 0 Å². The van der Waals surface area contributed by atoms with Crippen molar-refractivity contribution in [2.75, 3.05) is 9.80 Å². The van der Waals surface area contributed by atoms with E-state index in [1.165, 1.54) is 0 Å². The molecule has 182 valence electrons. The number of hydrogen-bond acceptors (Lipinski definition) is 4. The number of aromatic amines is 1. The standard InChI is InChI=1S/C29H27F2N5/c1-4-7-24-35(16-20-9-6-8-19(13-20)14-32)27-22(15-34-29-23(27)10-11-33-29)17-36(24)28-25(30)18(3)12-21(5-2)26(28)31/h6-13,15H,4-5,16-17H2,1-3H3,(H,33,34)/b24-7+. The smallest absolute Gasteiger partial charge is 0.153 e. The van der Waals surface area contributed by atoms with Crippen molar-refractivity contribution >= 4 is 22.4 Å². The van der Waals surface area contributed by atoms with Crippen molar-refractivity contribution in [3.05, 3.63) is 100 Å². The van der Waals surface area contributed by atoms with Gasteiger partial charge in [-0.2, -0.15) is 5.26 Å². The number of benzene rings is 2. The molecule has 36 heavy (non-hydrogen) atoms. The molecule has 3 heterocycles. The van der Waals surface area contributed by atoms with Gasteiger partial charge in [0.05, 0.1) is 23.9 Å². The molecule has 0 atom stereocenters. The van der Waals surface area contributed by atoms with Crippen LogP contribution in [0.3, 0.4) is 0 Å². The Balaban J connectivity index is 1.76. The lowest BCUT2D eigenvalue weighted by Gasteiger charge is -2.42. The highest BCUT2D eigenvalue weighted by Crippen LogP contribution is 2.43. The summed E-state index contributed by atoms with van der Waals surface area (Å²) in [7, 11) is 0. The first kappa shape index (κ1) is 23.6. The minimum atomic E-state index is -0.558. The lowest BCUT2D eigenvalue weighted by molar-refractivity contribution is 0.558. The monoisotopic (exact) mass is 483 g/mol. The summed E-state index contributed by atoms with van der Waals surface area (Å²) in [5.41, 5.74) is 4.90. The molecule has 1 N–H and O–H groups in total. The second-order valence-electron chi connectivity index (χ2n) is 9.01. The predicted molar refractivity (Wildman–Crippen MR) is 138 cm³/mol. The second-order valence-corrected chi connectivity index (χ2v) is 9.01. The first-order valence-corrected chi connectivity index (χ1v) is 12.1. The fourth-order valence-corrected chi connectivity index (χ4v) is 4.98. The molecule has 1 aliphatic heterocycles. The predicted octanol–water partition coefficient (Wildman–Crippen LogP) is 6.86. The molecular formula is C29H27F2N5. The van der Waals surface area contributed by atoms with Gasteiger partial charge < -0.3 is 14.8 Å². The molecule has 0 aliphatic carbocycles. The highest BCUT2D eigenvalue weighted by atomic mass is 19.1. The van der Waals surface area contributed by atoms with Gasteiger partial charge in [-0.1, -0.05) is 32.0 Å². The van der Waals surface area contributed by atoms with Crippen LogP contribution in [0.15, 0.2) is 60.7 Å². The number of hydrogen-bond donors (Lipinski definition) is 1. The maximum atomic E-state index is 15.8. The van der Waals surface area contributed by atoms with Gasteiger partial charge in [0.15, 0.2) is 11.6 Å². The molecular weight excluding hydrogens is 456 g/mol. The van der Waals surface area contributed by atoms with E-state index in [1.54, 1.807) is 30.2 Å². The van der Waals surface area contributed by atoms with Crippen molar-refractivity contribution in [1.29, 1.82) is 5.26 Å². The Morgan fingerprint density at radius 2 is 1.97 bits per heavy atom. The first-order chi connectivity index (χ1) is 17.5. The second kappa shape index (κ2) is 9.46. The molecule has 0 saturated carbocycles. The van der Waals surface area contributed by atoms with E-state index >= 15 is 8.78 Å². The van der Waals surface area contributed by atoms with Crippen molar-refractivity contribution in [1.82, 2.24) is 9.97 Å². The molecule has 0 saturated heterocycles. The van der Waals surface area contributed by atoms with E-state index in [-0.39, 0.29) is 12.2 Å². The Labute approximate surface area is 209 Å². The van der Waals surface area contributed by atoms with Crippen LogP contribution in [-0.2, 0) is 19.5 Å². The zero-order valence-corrected chi connectivity index (χ0v) is 20.6. The average Bonchev–Trinajstić information content (AvgIpc) is 3.37. The number of halogens is 2. The number of aryl methyl sites for hydroxylation is 2. The van der Waals surface area contributed by atoms with E-state index < -0.39 is 11.6 Å². The van der Waals surface area contributed by atoms with Crippen LogP contribution < -0.4 is 9.80 Å². The Bertz CT molecular complexity index is 1530. The molecule has 4 aromatic rings. The number of pyridine rings is 1. The minimum Gasteiger partial charge on any atom is -0.346 e. The maximum Gasteiger partial charge on any atom is 0.153 e. The molecule has 0 radical (unpaired) electrons. The quantitative estimate of drug-likeness (QED) is 0.337. The number of nitrogens with one attached hydrogen (secondary N) is 1. The molecule has 0 spiro atoms. The van der Waals surface area contributed by atoms with E-state index in [0.29, 0.717) is 41.9 Å². The summed E-state index contributed by atoms with van der Waals surface area (Å²) in [4.78, 5) is 11.5. The van der Waals surface area contributed by atoms with Crippen LogP contribution in [0, 0.1) is 29.9 Å². The zero-order chi connectivity index (χ0) is 25.4. The number of nitriles is 1. The van der Waals surface area contributed by atoms with E-state index in [1.807, 2.05) is 50.4 Å². The van der Waals surface area contributed by atoms with E-state index in [9.17, 15) is 5.26 Å². The van der Waals surface area contributed by atoms with Crippen molar-refractivity contribution in [2.45, 2.75) is 46.7 Å². The SMILES string of the molecule is CC/C=C1/N(c2c(F)c(C)cc(CC)c2F)Cc2cnc3[nH]ccc3c2N1Cc1cccc(C#N)c1. The van der Waals surface area contributed by atoms with Crippen molar-refractivity contribution in [2.24, 2.45) is 0 Å². The summed E-state index contributed by atoms with van der Waals surface area (Å²) >= 11 is 0. The van der Waals surface area contributed by atoms with Crippen LogP contribution in [-0.4, -0.2) is 9.97 Å². The summed E-state index contributed by atoms with van der Waals surface area (Å²) in [5.74, 6) is -0.392. The summed E-state index contributed by atoms with van der Waals surface area (Å²) < 4.78 is 31.4. The molecule has 1 aliphatic rings. The minimum absolute atomic E-state index is 0.0397. The number of aromatic nitrogens is 2. The van der Waals surface area contributed by atoms with Crippen molar-refractivity contribution < 1.29 is 8.78 Å². The van der Waals surface area contributed by atoms with Gasteiger partial charge in [-0.25, -0.2) is 13.8 Å². The molecule has 0 fully saturated rings. The molecule has 0 unspecified atom stereocenters. The number of nitrogens with zero attached hydrogens (tertiary/aromatic N) is 4. The molecule has 0 amide bonds. The normalized spacial score (nSPS) is 14.4. The Morgan fingerprint density at radius 3 is 2.72 bits per heavy atom. The fraction of sp³-hybridized carbons (Fsp3) is 0.241. The third-order valence-corrected chi connectivity index (χ3v) is 6.65. The van der Waals surface area contributed by atoms with Gasteiger partial charge in [0.1, 0.15) is 17.2 Å².